The number of halogens is 6. The molecule has 37 heavy (non-hydrogen) atoms. The van der Waals surface area contributed by atoms with E-state index in [-0.39, 0.29) is 23.3 Å². The number of carbonyl (C=O) groups excluding carboxylic acids is 2. The van der Waals surface area contributed by atoms with Crippen LogP contribution in [0.15, 0.2) is 30.4 Å². The Kier molecular flexibility index (Phi) is 5.99. The van der Waals surface area contributed by atoms with Gasteiger partial charge >= 0.3 is 12.4 Å². The average Bonchev–Trinajstić information content (AvgIpc) is 3.15. The summed E-state index contributed by atoms with van der Waals surface area (Å²) in [5, 5.41) is 5.33. The van der Waals surface area contributed by atoms with Crippen LogP contribution >= 0.6 is 0 Å². The maximum atomic E-state index is 13.6. The minimum Gasteiger partial charge on any atom is -0.349 e. The molecule has 1 aromatic carbocycles. The lowest BCUT2D eigenvalue weighted by Crippen LogP contribution is -2.59. The van der Waals surface area contributed by atoms with Gasteiger partial charge in [-0.25, -0.2) is 0 Å². The lowest BCUT2D eigenvalue weighted by atomic mass is 9.48. The molecule has 0 saturated heterocycles. The van der Waals surface area contributed by atoms with Crippen molar-refractivity contribution in [1.82, 2.24) is 5.32 Å². The van der Waals surface area contributed by atoms with Gasteiger partial charge in [0.2, 0.25) is 11.8 Å². The molecule has 4 nitrogen and oxygen atoms in total. The molecule has 202 valence electrons. The molecule has 1 aliphatic heterocycles. The monoisotopic (exact) mass is 528 g/mol. The van der Waals surface area contributed by atoms with Gasteiger partial charge in [-0.1, -0.05) is 19.9 Å². The van der Waals surface area contributed by atoms with Gasteiger partial charge < -0.3 is 10.6 Å². The first kappa shape index (κ1) is 26.1. The molecule has 2 amide bonds. The fourth-order valence-electron chi connectivity index (χ4n) is 8.06. The second-order valence-corrected chi connectivity index (χ2v) is 11.6. The highest BCUT2D eigenvalue weighted by atomic mass is 19.4. The largest absolute Gasteiger partial charge is 0.418 e. The number of alkyl halides is 6. The fraction of sp³-hybridized carbons (Fsp3) is 0.630. The van der Waals surface area contributed by atoms with Crippen LogP contribution in [0.4, 0.5) is 32.0 Å². The molecule has 4 aliphatic rings. The van der Waals surface area contributed by atoms with Crippen LogP contribution < -0.4 is 10.6 Å². The molecule has 0 bridgehead atoms. The van der Waals surface area contributed by atoms with Crippen molar-refractivity contribution in [2.75, 3.05) is 5.32 Å². The van der Waals surface area contributed by atoms with Crippen LogP contribution in [0.2, 0.25) is 0 Å². The second kappa shape index (κ2) is 8.50. The third-order valence-corrected chi connectivity index (χ3v) is 9.91. The summed E-state index contributed by atoms with van der Waals surface area (Å²) >= 11 is 0. The number of fused-ring (bicyclic) bond motifs is 5. The number of amides is 2. The van der Waals surface area contributed by atoms with E-state index in [2.05, 4.69) is 17.6 Å². The van der Waals surface area contributed by atoms with Crippen LogP contribution in [-0.2, 0) is 21.9 Å². The molecular formula is C27H30F6N2O2. The SMILES string of the molecule is C[C@@]12C=CC(=O)N[C@H]1CC[C@H]1[C@H]2CC[C@]2(C)[C@@H]1CC[C@H]2C(=O)Nc1cc(C(F)(F)F)ccc1C(F)(F)F. The van der Waals surface area contributed by atoms with Crippen LogP contribution in [0.3, 0.4) is 0 Å². The summed E-state index contributed by atoms with van der Waals surface area (Å²) in [7, 11) is 0. The van der Waals surface area contributed by atoms with Gasteiger partial charge in [-0.15, -0.1) is 0 Å². The van der Waals surface area contributed by atoms with Crippen molar-refractivity contribution < 1.29 is 35.9 Å². The van der Waals surface area contributed by atoms with E-state index in [4.69, 9.17) is 0 Å². The molecule has 3 fully saturated rings. The van der Waals surface area contributed by atoms with Crippen LogP contribution in [0.1, 0.15) is 63.5 Å². The molecule has 1 aromatic rings. The normalized spacial score (nSPS) is 37.3. The Morgan fingerprint density at radius 3 is 2.38 bits per heavy atom. The van der Waals surface area contributed by atoms with Gasteiger partial charge in [-0.3, -0.25) is 9.59 Å². The minimum absolute atomic E-state index is 0.0535. The number of anilines is 1. The lowest BCUT2D eigenvalue weighted by Gasteiger charge is -2.58. The first-order chi connectivity index (χ1) is 17.1. The zero-order valence-electron chi connectivity index (χ0n) is 20.6. The highest BCUT2D eigenvalue weighted by Crippen LogP contribution is 2.65. The number of hydrogen-bond donors (Lipinski definition) is 2. The number of hydrogen-bond acceptors (Lipinski definition) is 2. The van der Waals surface area contributed by atoms with Crippen LogP contribution in [0.5, 0.6) is 0 Å². The molecule has 1 heterocycles. The topological polar surface area (TPSA) is 58.2 Å². The number of carbonyl (C=O) groups is 2. The van der Waals surface area contributed by atoms with Gasteiger partial charge in [0, 0.05) is 17.4 Å². The van der Waals surface area contributed by atoms with Gasteiger partial charge in [0.15, 0.2) is 0 Å². The number of benzene rings is 1. The van der Waals surface area contributed by atoms with E-state index in [0.29, 0.717) is 42.9 Å². The summed E-state index contributed by atoms with van der Waals surface area (Å²) in [6.45, 7) is 4.17. The summed E-state index contributed by atoms with van der Waals surface area (Å²) in [6, 6.07) is 1.18. The molecule has 3 saturated carbocycles. The van der Waals surface area contributed by atoms with Crippen molar-refractivity contribution in [1.29, 1.82) is 0 Å². The molecule has 0 unspecified atom stereocenters. The van der Waals surface area contributed by atoms with E-state index < -0.39 is 46.4 Å². The first-order valence-corrected chi connectivity index (χ1v) is 12.7. The zero-order valence-corrected chi connectivity index (χ0v) is 20.6. The first-order valence-electron chi connectivity index (χ1n) is 12.7. The smallest absolute Gasteiger partial charge is 0.349 e. The lowest BCUT2D eigenvalue weighted by molar-refractivity contribution is -0.141. The summed E-state index contributed by atoms with van der Waals surface area (Å²) in [4.78, 5) is 25.3. The van der Waals surface area contributed by atoms with Crippen molar-refractivity contribution in [3.8, 4) is 0 Å². The molecule has 3 aliphatic carbocycles. The van der Waals surface area contributed by atoms with Gasteiger partial charge in [0.05, 0.1) is 16.8 Å². The number of rotatable bonds is 2. The molecule has 0 radical (unpaired) electrons. The Labute approximate surface area is 211 Å². The highest BCUT2D eigenvalue weighted by Gasteiger charge is 2.61. The molecule has 10 heteroatoms. The summed E-state index contributed by atoms with van der Waals surface area (Å²) < 4.78 is 80.4. The Hall–Kier alpha value is -2.52. The predicted molar refractivity (Wildman–Crippen MR) is 124 cm³/mol. The van der Waals surface area contributed by atoms with E-state index in [1.54, 1.807) is 6.08 Å². The van der Waals surface area contributed by atoms with Crippen molar-refractivity contribution >= 4 is 17.5 Å². The van der Waals surface area contributed by atoms with Crippen molar-refractivity contribution in [3.63, 3.8) is 0 Å². The predicted octanol–water partition coefficient (Wildman–Crippen LogP) is 6.58. The molecule has 0 aromatic heterocycles. The summed E-state index contributed by atoms with van der Waals surface area (Å²) in [5.74, 6) is -0.555. The van der Waals surface area contributed by atoms with E-state index in [9.17, 15) is 35.9 Å². The van der Waals surface area contributed by atoms with E-state index in [0.717, 1.165) is 25.7 Å². The van der Waals surface area contributed by atoms with E-state index >= 15 is 0 Å². The Balaban J connectivity index is 1.40. The molecular weight excluding hydrogens is 498 g/mol. The van der Waals surface area contributed by atoms with Crippen LogP contribution in [0.25, 0.3) is 0 Å². The van der Waals surface area contributed by atoms with E-state index in [1.165, 1.54) is 0 Å². The fourth-order valence-corrected chi connectivity index (χ4v) is 8.06. The molecule has 7 atom stereocenters. The second-order valence-electron chi connectivity index (χ2n) is 11.6. The third kappa shape index (κ3) is 4.24. The molecule has 0 spiro atoms. The highest BCUT2D eigenvalue weighted by molar-refractivity contribution is 5.94. The quantitative estimate of drug-likeness (QED) is 0.427. The van der Waals surface area contributed by atoms with Gasteiger partial charge in [0.1, 0.15) is 0 Å². The minimum atomic E-state index is -4.91. The Morgan fingerprint density at radius 2 is 1.70 bits per heavy atom. The van der Waals surface area contributed by atoms with Gasteiger partial charge in [-0.05, 0) is 86.0 Å². The van der Waals surface area contributed by atoms with Crippen molar-refractivity contribution in [2.45, 2.75) is 70.8 Å². The van der Waals surface area contributed by atoms with Gasteiger partial charge in [0.25, 0.3) is 0 Å². The van der Waals surface area contributed by atoms with Crippen molar-refractivity contribution in [2.24, 2.45) is 34.5 Å². The Morgan fingerprint density at radius 1 is 0.973 bits per heavy atom. The zero-order chi connectivity index (χ0) is 27.0. The molecule has 5 rings (SSSR count). The number of nitrogens with one attached hydrogen (secondary N) is 2. The standard InChI is InChI=1S/C27H30F6N2O2/c1-24-11-9-17-15(4-8-21-25(17,2)12-10-22(36)35-21)16(24)6-7-19(24)23(37)34-20-13-14(26(28,29)30)3-5-18(20)27(31,32)33/h3,5,10,12-13,15-17,19,21H,4,6-9,11H2,1-2H3,(H,34,37)(H,35,36)/t15-,16-,17-,19+,21+,24-,25+/m1/s1. The third-order valence-electron chi connectivity index (χ3n) is 9.91. The van der Waals surface area contributed by atoms with Crippen LogP contribution in [0, 0.1) is 34.5 Å². The average molecular weight is 529 g/mol. The van der Waals surface area contributed by atoms with E-state index in [1.807, 2.05) is 13.0 Å². The Bertz CT molecular complexity index is 1140. The molecule has 2 N–H and O–H groups in total. The van der Waals surface area contributed by atoms with Crippen molar-refractivity contribution in [3.05, 3.63) is 41.5 Å². The summed E-state index contributed by atoms with van der Waals surface area (Å²) in [5.41, 5.74) is -4.06. The maximum absolute atomic E-state index is 13.6. The maximum Gasteiger partial charge on any atom is 0.418 e. The summed E-state index contributed by atoms with van der Waals surface area (Å²) in [6.07, 6.45) is -1.73. The van der Waals surface area contributed by atoms with Gasteiger partial charge in [-0.2, -0.15) is 26.3 Å². The van der Waals surface area contributed by atoms with Crippen LogP contribution in [-0.4, -0.2) is 17.9 Å².